The number of benzene rings is 6. The first kappa shape index (κ1) is 50.7. The molecule has 0 saturated carbocycles. The maximum atomic E-state index is 12.5. The first-order valence-electron chi connectivity index (χ1n) is 23.6. The third kappa shape index (κ3) is 14.2. The maximum Gasteiger partial charge on any atom is 0.337 e. The van der Waals surface area contributed by atoms with Gasteiger partial charge >= 0.3 is 5.97 Å². The Balaban J connectivity index is 1.15. The highest BCUT2D eigenvalue weighted by Crippen LogP contribution is 2.36. The zero-order chi connectivity index (χ0) is 48.3. The molecule has 13 nitrogen and oxygen atoms in total. The second-order valence-electron chi connectivity index (χ2n) is 17.2. The normalized spacial score (nSPS) is 24.5. The molecule has 13 heteroatoms. The lowest BCUT2D eigenvalue weighted by Crippen LogP contribution is -2.66. The van der Waals surface area contributed by atoms with Crippen molar-refractivity contribution in [2.45, 2.75) is 101 Å². The van der Waals surface area contributed by atoms with Crippen molar-refractivity contribution in [1.82, 2.24) is 0 Å². The summed E-state index contributed by atoms with van der Waals surface area (Å²) in [5.74, 6) is -0.452. The average molecular weight is 955 g/mol. The molecule has 1 N–H and O–H groups in total. The maximum absolute atomic E-state index is 12.5. The van der Waals surface area contributed by atoms with Crippen molar-refractivity contribution in [3.8, 4) is 0 Å². The minimum atomic E-state index is -1.31. The summed E-state index contributed by atoms with van der Waals surface area (Å²) in [6.07, 6.45) is -9.85. The highest BCUT2D eigenvalue weighted by molar-refractivity contribution is 5.89. The topological polar surface area (TPSA) is 139 Å². The van der Waals surface area contributed by atoms with Gasteiger partial charge in [-0.1, -0.05) is 164 Å². The molecule has 70 heavy (non-hydrogen) atoms. The van der Waals surface area contributed by atoms with Crippen LogP contribution < -0.4 is 0 Å². The molecule has 8 rings (SSSR count). The van der Waals surface area contributed by atoms with E-state index in [4.69, 9.17) is 52.1 Å². The van der Waals surface area contributed by atoms with E-state index < -0.39 is 67.4 Å². The van der Waals surface area contributed by atoms with Crippen LogP contribution in [-0.4, -0.2) is 99.9 Å². The number of rotatable bonds is 24. The van der Waals surface area contributed by atoms with E-state index in [1.807, 2.05) is 152 Å². The smallest absolute Gasteiger partial charge is 0.337 e. The highest BCUT2D eigenvalue weighted by Gasteiger charge is 2.54. The van der Waals surface area contributed by atoms with Gasteiger partial charge in [0, 0.05) is 7.11 Å². The van der Waals surface area contributed by atoms with Crippen molar-refractivity contribution >= 4 is 5.97 Å². The fourth-order valence-corrected chi connectivity index (χ4v) is 8.49. The van der Waals surface area contributed by atoms with Crippen LogP contribution in [0.25, 0.3) is 0 Å². The zero-order valence-electron chi connectivity index (χ0n) is 39.5. The summed E-state index contributed by atoms with van der Waals surface area (Å²) >= 11 is 0. The van der Waals surface area contributed by atoms with Crippen LogP contribution in [0.4, 0.5) is 0 Å². The standard InChI is InChI=1S/C57H62O13/c1-60-55(59)46-30-28-45(29-31-46)37-67-54-53(66-36-44-26-16-7-17-27-44)51(64-34-42-22-12-5-13-23-42)48(39-63-33-41-20-10-4-11-21-41)69-57(54)70-50-47(38-62-32-40-18-8-3-9-19-40)68-56(61-2)52(49(50)58)65-35-43-24-14-6-15-25-43/h3-31,47-54,56-58H,32-39H2,1-2H3/t47-,48-,49+,50-,51-,52-,53+,54-,56+,57-/m1/s1. The van der Waals surface area contributed by atoms with Crippen LogP contribution in [0.2, 0.25) is 0 Å². The van der Waals surface area contributed by atoms with E-state index in [1.165, 1.54) is 14.2 Å². The Hall–Kier alpha value is -5.65. The predicted octanol–water partition coefficient (Wildman–Crippen LogP) is 8.39. The number of carbonyl (C=O) groups excluding carboxylic acids is 1. The van der Waals surface area contributed by atoms with Crippen molar-refractivity contribution < 1.29 is 62.0 Å². The van der Waals surface area contributed by atoms with Crippen LogP contribution in [0, 0.1) is 0 Å². The predicted molar refractivity (Wildman–Crippen MR) is 259 cm³/mol. The lowest BCUT2D eigenvalue weighted by atomic mass is 9.96. The lowest BCUT2D eigenvalue weighted by molar-refractivity contribution is -0.372. The molecule has 2 heterocycles. The van der Waals surface area contributed by atoms with E-state index in [1.54, 1.807) is 24.3 Å². The SMILES string of the molecule is COC(=O)c1ccc(CO[C@H]2[C@@H](O[C@H]3[C@H](O)[C@@H](OCc4ccccc4)[C@@H](OC)O[C@@H]3COCc3ccccc3)O[C@H](COCc3ccccc3)[C@@H](OCc3ccccc3)[C@@H]2OCc2ccccc2)cc1. The van der Waals surface area contributed by atoms with Crippen LogP contribution in [0.15, 0.2) is 176 Å². The molecule has 2 saturated heterocycles. The number of hydrogen-bond donors (Lipinski definition) is 1. The van der Waals surface area contributed by atoms with Crippen LogP contribution in [0.5, 0.6) is 0 Å². The molecule has 0 amide bonds. The molecule has 0 radical (unpaired) electrons. The van der Waals surface area contributed by atoms with E-state index in [-0.39, 0.29) is 46.2 Å². The largest absolute Gasteiger partial charge is 0.465 e. The molecule has 10 atom stereocenters. The number of methoxy groups -OCH3 is 2. The van der Waals surface area contributed by atoms with Gasteiger partial charge in [-0.05, 0) is 45.5 Å². The molecule has 0 bridgehead atoms. The van der Waals surface area contributed by atoms with Gasteiger partial charge in [0.15, 0.2) is 12.6 Å². The monoisotopic (exact) mass is 954 g/mol. The fraction of sp³-hybridized carbons (Fsp3) is 0.351. The van der Waals surface area contributed by atoms with E-state index in [9.17, 15) is 9.90 Å². The first-order valence-corrected chi connectivity index (χ1v) is 23.6. The second-order valence-corrected chi connectivity index (χ2v) is 17.2. The summed E-state index contributed by atoms with van der Waals surface area (Å²) in [5.41, 5.74) is 5.88. The number of carbonyl (C=O) groups is 1. The van der Waals surface area contributed by atoms with Gasteiger partial charge in [0.1, 0.15) is 48.8 Å². The number of esters is 1. The number of aliphatic hydroxyl groups is 1. The molecule has 0 aliphatic carbocycles. The minimum Gasteiger partial charge on any atom is -0.465 e. The average Bonchev–Trinajstić information content (AvgIpc) is 3.41. The molecular formula is C57H62O13. The highest BCUT2D eigenvalue weighted by atomic mass is 16.8. The van der Waals surface area contributed by atoms with Gasteiger partial charge in [-0.3, -0.25) is 0 Å². The molecule has 0 spiro atoms. The van der Waals surface area contributed by atoms with Gasteiger partial charge in [-0.15, -0.1) is 0 Å². The van der Waals surface area contributed by atoms with E-state index in [2.05, 4.69) is 0 Å². The molecule has 2 fully saturated rings. The third-order valence-electron chi connectivity index (χ3n) is 12.2. The van der Waals surface area contributed by atoms with Crippen molar-refractivity contribution in [2.75, 3.05) is 27.4 Å². The summed E-state index contributed by atoms with van der Waals surface area (Å²) in [5, 5.41) is 12.5. The Morgan fingerprint density at radius 3 is 1.24 bits per heavy atom. The fourth-order valence-electron chi connectivity index (χ4n) is 8.49. The molecular weight excluding hydrogens is 893 g/mol. The Kier molecular flexibility index (Phi) is 19.2. The number of ether oxygens (including phenoxy) is 11. The van der Waals surface area contributed by atoms with Gasteiger partial charge in [-0.25, -0.2) is 4.79 Å². The zero-order valence-corrected chi connectivity index (χ0v) is 39.5. The van der Waals surface area contributed by atoms with E-state index >= 15 is 0 Å². The quantitative estimate of drug-likeness (QED) is 0.0582. The van der Waals surface area contributed by atoms with Crippen LogP contribution >= 0.6 is 0 Å². The summed E-state index contributed by atoms with van der Waals surface area (Å²) in [6, 6.07) is 56.0. The molecule has 6 aromatic rings. The van der Waals surface area contributed by atoms with Gasteiger partial charge in [0.2, 0.25) is 0 Å². The molecule has 2 aliphatic heterocycles. The molecule has 0 aromatic heterocycles. The Morgan fingerprint density at radius 2 is 0.800 bits per heavy atom. The summed E-state index contributed by atoms with van der Waals surface area (Å²) in [6.45, 7) is 1.36. The number of aliphatic hydroxyl groups excluding tert-OH is 1. The van der Waals surface area contributed by atoms with E-state index in [0.717, 1.165) is 33.4 Å². The third-order valence-corrected chi connectivity index (χ3v) is 12.2. The first-order chi connectivity index (χ1) is 34.4. The van der Waals surface area contributed by atoms with Crippen LogP contribution in [0.3, 0.4) is 0 Å². The van der Waals surface area contributed by atoms with Crippen molar-refractivity contribution in [3.05, 3.63) is 215 Å². The van der Waals surface area contributed by atoms with Crippen LogP contribution in [-0.2, 0) is 91.7 Å². The molecule has 2 aliphatic rings. The van der Waals surface area contributed by atoms with Crippen molar-refractivity contribution in [3.63, 3.8) is 0 Å². The Morgan fingerprint density at radius 1 is 0.429 bits per heavy atom. The summed E-state index contributed by atoms with van der Waals surface area (Å²) in [4.78, 5) is 12.4. The van der Waals surface area contributed by atoms with Crippen LogP contribution in [0.1, 0.15) is 43.7 Å². The van der Waals surface area contributed by atoms with Gasteiger partial charge in [-0.2, -0.15) is 0 Å². The summed E-state index contributed by atoms with van der Waals surface area (Å²) in [7, 11) is 2.85. The van der Waals surface area contributed by atoms with Crippen molar-refractivity contribution in [1.29, 1.82) is 0 Å². The second kappa shape index (κ2) is 26.5. The molecule has 6 aromatic carbocycles. The van der Waals surface area contributed by atoms with Crippen molar-refractivity contribution in [2.24, 2.45) is 0 Å². The minimum absolute atomic E-state index is 0.0209. The molecule has 368 valence electrons. The van der Waals surface area contributed by atoms with Gasteiger partial charge in [0.25, 0.3) is 0 Å². The summed E-state index contributed by atoms with van der Waals surface area (Å²) < 4.78 is 71.4. The Bertz CT molecular complexity index is 2390. The number of hydrogen-bond acceptors (Lipinski definition) is 13. The Labute approximate surface area is 410 Å². The lowest BCUT2D eigenvalue weighted by Gasteiger charge is -2.49. The van der Waals surface area contributed by atoms with E-state index in [0.29, 0.717) is 12.2 Å². The van der Waals surface area contributed by atoms with Gasteiger partial charge < -0.3 is 57.2 Å². The molecule has 0 unspecified atom stereocenters. The van der Waals surface area contributed by atoms with Gasteiger partial charge in [0.05, 0.1) is 65.5 Å².